The van der Waals surface area contributed by atoms with E-state index in [0.29, 0.717) is 28.9 Å². The van der Waals surface area contributed by atoms with E-state index in [4.69, 9.17) is 19.2 Å². The second-order valence-corrected chi connectivity index (χ2v) is 9.11. The van der Waals surface area contributed by atoms with Crippen LogP contribution in [-0.4, -0.2) is 32.2 Å². The lowest BCUT2D eigenvalue weighted by atomic mass is 10.1. The Morgan fingerprint density at radius 1 is 0.912 bits per heavy atom. The van der Waals surface area contributed by atoms with Gasteiger partial charge in [-0.3, -0.25) is 9.69 Å². The smallest absolute Gasteiger partial charge is 0.233 e. The van der Waals surface area contributed by atoms with Gasteiger partial charge in [0.05, 0.1) is 44.5 Å². The molecule has 4 rings (SSSR count). The molecular formula is C27H28N2O4S. The van der Waals surface area contributed by atoms with E-state index in [0.717, 1.165) is 26.9 Å². The minimum Gasteiger partial charge on any atom is -0.493 e. The van der Waals surface area contributed by atoms with Gasteiger partial charge in [0.15, 0.2) is 16.6 Å². The van der Waals surface area contributed by atoms with Crippen LogP contribution in [0.5, 0.6) is 17.2 Å². The number of amides is 1. The van der Waals surface area contributed by atoms with Crippen molar-refractivity contribution < 1.29 is 19.0 Å². The predicted octanol–water partition coefficient (Wildman–Crippen LogP) is 5.71. The van der Waals surface area contributed by atoms with Crippen LogP contribution in [0.1, 0.15) is 22.3 Å². The second-order valence-electron chi connectivity index (χ2n) is 8.10. The highest BCUT2D eigenvalue weighted by atomic mass is 32.1. The Labute approximate surface area is 203 Å². The Balaban J connectivity index is 1.72. The second kappa shape index (κ2) is 10.1. The molecule has 0 fully saturated rings. The van der Waals surface area contributed by atoms with Crippen molar-refractivity contribution in [2.75, 3.05) is 26.2 Å². The van der Waals surface area contributed by atoms with E-state index in [2.05, 4.69) is 26.0 Å². The van der Waals surface area contributed by atoms with E-state index in [1.807, 2.05) is 42.5 Å². The summed E-state index contributed by atoms with van der Waals surface area (Å²) in [6.07, 6.45) is 0.164. The molecule has 3 aromatic carbocycles. The first kappa shape index (κ1) is 23.6. The fraction of sp³-hybridized carbons (Fsp3) is 0.259. The number of rotatable bonds is 8. The first-order valence-electron chi connectivity index (χ1n) is 10.9. The summed E-state index contributed by atoms with van der Waals surface area (Å²) in [5.74, 6) is 1.47. The van der Waals surface area contributed by atoms with Gasteiger partial charge < -0.3 is 14.2 Å². The third-order valence-electron chi connectivity index (χ3n) is 5.61. The van der Waals surface area contributed by atoms with Crippen molar-refractivity contribution in [3.63, 3.8) is 0 Å². The summed E-state index contributed by atoms with van der Waals surface area (Å²) in [6.45, 7) is 4.56. The van der Waals surface area contributed by atoms with Crippen molar-refractivity contribution in [1.82, 2.24) is 4.98 Å². The molecule has 4 aromatic rings. The summed E-state index contributed by atoms with van der Waals surface area (Å²) in [5, 5.41) is 0.685. The molecule has 0 bridgehead atoms. The van der Waals surface area contributed by atoms with Crippen LogP contribution in [-0.2, 0) is 17.8 Å². The zero-order valence-electron chi connectivity index (χ0n) is 20.0. The first-order valence-corrected chi connectivity index (χ1v) is 11.8. The van der Waals surface area contributed by atoms with Gasteiger partial charge in [-0.2, -0.15) is 0 Å². The van der Waals surface area contributed by atoms with Crippen LogP contribution in [0.25, 0.3) is 10.2 Å². The van der Waals surface area contributed by atoms with Crippen LogP contribution in [0.15, 0.2) is 54.6 Å². The molecule has 6 nitrogen and oxygen atoms in total. The van der Waals surface area contributed by atoms with Crippen molar-refractivity contribution in [3.05, 3.63) is 76.9 Å². The molecule has 1 amide bonds. The van der Waals surface area contributed by atoms with E-state index in [9.17, 15) is 4.79 Å². The van der Waals surface area contributed by atoms with Gasteiger partial charge in [-0.25, -0.2) is 4.98 Å². The maximum atomic E-state index is 13.7. The highest BCUT2D eigenvalue weighted by Gasteiger charge is 2.23. The number of carbonyl (C=O) groups excluding carboxylic acids is 1. The molecule has 0 saturated heterocycles. The van der Waals surface area contributed by atoms with Crippen molar-refractivity contribution in [1.29, 1.82) is 0 Å². The number of aromatic nitrogens is 1. The van der Waals surface area contributed by atoms with Gasteiger partial charge in [-0.05, 0) is 54.3 Å². The Hall–Kier alpha value is -3.58. The lowest BCUT2D eigenvalue weighted by molar-refractivity contribution is -0.118. The third kappa shape index (κ3) is 4.84. The van der Waals surface area contributed by atoms with E-state index in [1.54, 1.807) is 26.2 Å². The molecule has 1 aromatic heterocycles. The number of hydrogen-bond acceptors (Lipinski definition) is 6. The Morgan fingerprint density at radius 3 is 2.21 bits per heavy atom. The molecule has 0 aliphatic carbocycles. The molecule has 1 heterocycles. The normalized spacial score (nSPS) is 10.9. The van der Waals surface area contributed by atoms with Gasteiger partial charge in [0, 0.05) is 0 Å². The van der Waals surface area contributed by atoms with E-state index < -0.39 is 0 Å². The summed E-state index contributed by atoms with van der Waals surface area (Å²) < 4.78 is 17.4. The monoisotopic (exact) mass is 476 g/mol. The van der Waals surface area contributed by atoms with Gasteiger partial charge in [0.25, 0.3) is 0 Å². The predicted molar refractivity (Wildman–Crippen MR) is 137 cm³/mol. The molecule has 0 atom stereocenters. The molecule has 0 spiro atoms. The number of aryl methyl sites for hydroxylation is 2. The average molecular weight is 477 g/mol. The molecule has 0 N–H and O–H groups in total. The first-order chi connectivity index (χ1) is 16.4. The zero-order chi connectivity index (χ0) is 24.2. The summed E-state index contributed by atoms with van der Waals surface area (Å²) >= 11 is 1.54. The Kier molecular flexibility index (Phi) is 7.03. The molecule has 7 heteroatoms. The van der Waals surface area contributed by atoms with Crippen LogP contribution in [0.2, 0.25) is 0 Å². The summed E-state index contributed by atoms with van der Waals surface area (Å²) in [4.78, 5) is 20.3. The number of anilines is 1. The Bertz CT molecular complexity index is 1290. The minimum atomic E-state index is -0.0634. The summed E-state index contributed by atoms with van der Waals surface area (Å²) in [7, 11) is 4.69. The summed E-state index contributed by atoms with van der Waals surface area (Å²) in [5.41, 5.74) is 5.02. The van der Waals surface area contributed by atoms with E-state index in [-0.39, 0.29) is 12.3 Å². The van der Waals surface area contributed by atoms with Crippen LogP contribution in [0, 0.1) is 13.8 Å². The number of thiazole rings is 1. The van der Waals surface area contributed by atoms with Crippen molar-refractivity contribution >= 4 is 32.6 Å². The van der Waals surface area contributed by atoms with Crippen LogP contribution in [0.3, 0.4) is 0 Å². The quantitative estimate of drug-likeness (QED) is 0.326. The molecule has 34 heavy (non-hydrogen) atoms. The lowest BCUT2D eigenvalue weighted by Crippen LogP contribution is -2.31. The Morgan fingerprint density at radius 2 is 1.59 bits per heavy atom. The number of methoxy groups -OCH3 is 3. The number of nitrogens with zero attached hydrogens (tertiary/aromatic N) is 2. The van der Waals surface area contributed by atoms with E-state index in [1.165, 1.54) is 16.9 Å². The van der Waals surface area contributed by atoms with Gasteiger partial charge in [0.1, 0.15) is 0 Å². The molecule has 0 radical (unpaired) electrons. The van der Waals surface area contributed by atoms with Crippen LogP contribution < -0.4 is 19.1 Å². The molecule has 0 aliphatic rings. The van der Waals surface area contributed by atoms with Crippen molar-refractivity contribution in [2.45, 2.75) is 26.8 Å². The highest BCUT2D eigenvalue weighted by Crippen LogP contribution is 2.39. The largest absolute Gasteiger partial charge is 0.493 e. The highest BCUT2D eigenvalue weighted by molar-refractivity contribution is 7.22. The number of hydrogen-bond donors (Lipinski definition) is 0. The lowest BCUT2D eigenvalue weighted by Gasteiger charge is -2.21. The molecule has 0 saturated carbocycles. The topological polar surface area (TPSA) is 60.9 Å². The van der Waals surface area contributed by atoms with Gasteiger partial charge >= 0.3 is 0 Å². The third-order valence-corrected chi connectivity index (χ3v) is 6.64. The fourth-order valence-electron chi connectivity index (χ4n) is 4.01. The van der Waals surface area contributed by atoms with Crippen molar-refractivity contribution in [2.24, 2.45) is 0 Å². The standard InChI is InChI=1S/C27H28N2O4S/c1-17-11-18(2)25-23(12-17)34-27(28-25)29(16-19-9-7-6-8-10-19)24(30)15-20-13-21(31-3)26(33-5)22(14-20)32-4/h6-14H,15-16H2,1-5H3. The zero-order valence-corrected chi connectivity index (χ0v) is 20.9. The maximum Gasteiger partial charge on any atom is 0.233 e. The fourth-order valence-corrected chi connectivity index (χ4v) is 5.17. The number of fused-ring (bicyclic) bond motifs is 1. The number of benzene rings is 3. The average Bonchev–Trinajstić information content (AvgIpc) is 3.26. The number of carbonyl (C=O) groups is 1. The van der Waals surface area contributed by atoms with Gasteiger partial charge in [-0.15, -0.1) is 0 Å². The maximum absolute atomic E-state index is 13.7. The SMILES string of the molecule is COc1cc(CC(=O)N(Cc2ccccc2)c2nc3c(C)cc(C)cc3s2)cc(OC)c1OC. The van der Waals surface area contributed by atoms with Gasteiger partial charge in [-0.1, -0.05) is 47.7 Å². The molecule has 0 unspecified atom stereocenters. The van der Waals surface area contributed by atoms with Crippen molar-refractivity contribution in [3.8, 4) is 17.2 Å². The summed E-state index contributed by atoms with van der Waals surface area (Å²) in [6, 6.07) is 17.8. The minimum absolute atomic E-state index is 0.0634. The molecular weight excluding hydrogens is 448 g/mol. The van der Waals surface area contributed by atoms with Gasteiger partial charge in [0.2, 0.25) is 11.7 Å². The van der Waals surface area contributed by atoms with E-state index >= 15 is 0 Å². The van der Waals surface area contributed by atoms with Crippen LogP contribution in [0.4, 0.5) is 5.13 Å². The van der Waals surface area contributed by atoms with Crippen LogP contribution >= 0.6 is 11.3 Å². The molecule has 0 aliphatic heterocycles. The number of ether oxygens (including phenoxy) is 3. The molecule has 176 valence electrons.